The smallest absolute Gasteiger partial charge is 0.151 e. The van der Waals surface area contributed by atoms with Crippen molar-refractivity contribution in [3.63, 3.8) is 0 Å². The van der Waals surface area contributed by atoms with Crippen molar-refractivity contribution in [2.24, 2.45) is 0 Å². The molecule has 0 fully saturated rings. The number of benzene rings is 9. The number of anilines is 1. The molecule has 2 N–H and O–H groups in total. The van der Waals surface area contributed by atoms with Crippen LogP contribution in [0.4, 0.5) is 5.69 Å². The van der Waals surface area contributed by atoms with Crippen LogP contribution in [0.2, 0.25) is 0 Å². The fraction of sp³-hybridized carbons (Fsp3) is 0.0526. The first kappa shape index (κ1) is 35.2. The van der Waals surface area contributed by atoms with E-state index in [1.165, 1.54) is 48.9 Å². The predicted octanol–water partition coefficient (Wildman–Crippen LogP) is 14.9. The Morgan fingerprint density at radius 2 is 1.30 bits per heavy atom. The molecule has 1 aliphatic rings. The number of aromatic nitrogens is 1. The maximum atomic E-state index is 7.10. The average Bonchev–Trinajstić information content (AvgIpc) is 3.87. The van der Waals surface area contributed by atoms with Crippen molar-refractivity contribution in [2.45, 2.75) is 18.9 Å². The van der Waals surface area contributed by atoms with Gasteiger partial charge in [-0.05, 0) is 80.7 Å². The second kappa shape index (κ2) is 14.2. The molecule has 0 spiro atoms. The fourth-order valence-electron chi connectivity index (χ4n) is 9.65. The first-order chi connectivity index (χ1) is 30.2. The van der Waals surface area contributed by atoms with Crippen LogP contribution >= 0.6 is 0 Å². The third kappa shape index (κ3) is 5.83. The Balaban J connectivity index is 0.885. The van der Waals surface area contributed by atoms with E-state index >= 15 is 0 Å². The predicted molar refractivity (Wildman–Crippen MR) is 255 cm³/mol. The van der Waals surface area contributed by atoms with Crippen molar-refractivity contribution in [3.05, 3.63) is 217 Å². The number of allylic oxidation sites excluding steroid dienone is 4. The summed E-state index contributed by atoms with van der Waals surface area (Å²) in [5.41, 5.74) is 19.5. The van der Waals surface area contributed by atoms with E-state index in [1.54, 1.807) is 0 Å². The summed E-state index contributed by atoms with van der Waals surface area (Å²) in [6.45, 7) is 0.364. The summed E-state index contributed by atoms with van der Waals surface area (Å²) in [6, 6.07) is 64.8. The molecule has 0 radical (unpaired) electrons. The third-order valence-corrected chi connectivity index (χ3v) is 12.6. The van der Waals surface area contributed by atoms with Crippen LogP contribution in [0.15, 0.2) is 205 Å². The molecule has 1 unspecified atom stereocenters. The summed E-state index contributed by atoms with van der Waals surface area (Å²) >= 11 is 0. The normalized spacial score (nSPS) is 14.2. The van der Waals surface area contributed by atoms with Crippen molar-refractivity contribution in [1.29, 1.82) is 0 Å². The van der Waals surface area contributed by atoms with Gasteiger partial charge in [0.15, 0.2) is 5.75 Å². The molecular weight excluding hydrogens is 745 g/mol. The van der Waals surface area contributed by atoms with Gasteiger partial charge in [-0.25, -0.2) is 0 Å². The fourth-order valence-corrected chi connectivity index (χ4v) is 9.65. The zero-order valence-corrected chi connectivity index (χ0v) is 33.4. The van der Waals surface area contributed by atoms with Crippen LogP contribution in [0.1, 0.15) is 29.0 Å². The van der Waals surface area contributed by atoms with E-state index in [0.717, 1.165) is 61.9 Å². The molecule has 0 amide bonds. The van der Waals surface area contributed by atoms with Crippen LogP contribution in [0.3, 0.4) is 0 Å². The maximum absolute atomic E-state index is 7.10. The Bertz CT molecular complexity index is 3570. The number of nitrogens with zero attached hydrogens (tertiary/aromatic N) is 1. The molecule has 11 aromatic rings. The van der Waals surface area contributed by atoms with Gasteiger partial charge in [0.05, 0.1) is 22.1 Å². The van der Waals surface area contributed by atoms with Gasteiger partial charge in [-0.1, -0.05) is 170 Å². The first-order valence-corrected chi connectivity index (χ1v) is 21.0. The summed E-state index contributed by atoms with van der Waals surface area (Å²) in [5.74, 6) is 0.946. The molecule has 61 heavy (non-hydrogen) atoms. The number of rotatable bonds is 7. The van der Waals surface area contributed by atoms with Gasteiger partial charge in [0.25, 0.3) is 0 Å². The van der Waals surface area contributed by atoms with Crippen LogP contribution in [-0.4, -0.2) is 4.57 Å². The summed E-state index contributed by atoms with van der Waals surface area (Å²) < 4.78 is 15.6. The van der Waals surface area contributed by atoms with Crippen molar-refractivity contribution >= 4 is 76.5 Å². The molecule has 9 aromatic carbocycles. The molecule has 4 heteroatoms. The number of para-hydroxylation sites is 2. The number of fused-ring (bicyclic) bond motifs is 9. The molecule has 0 saturated heterocycles. The SMILES string of the molecule is Nc1c(OCc2ccc(-c3ccc4c5ccc6ccccc6c5n(-c5ccccc5)c4c3)cc2)c(C2=CCC(c3cccc4ccccc34)C=C2)cc2oc3ccccc3c12. The van der Waals surface area contributed by atoms with E-state index in [4.69, 9.17) is 14.9 Å². The van der Waals surface area contributed by atoms with Gasteiger partial charge in [0.1, 0.15) is 17.8 Å². The highest BCUT2D eigenvalue weighted by atomic mass is 16.5. The van der Waals surface area contributed by atoms with Gasteiger partial charge >= 0.3 is 0 Å². The standard InChI is InChI=1S/C57H40N2O2/c58-55-54-49-18-8-9-20-52(49)61-53(54)34-50(41-27-25-40(26-28-41)45-19-10-13-38-11-4-6-16-44(38)45)57(55)60-35-36-21-23-37(24-22-36)42-30-31-47-48-32-29-39-12-5-7-17-46(39)56(48)59(51(47)33-42)43-14-2-1-3-15-43/h1-25,27-34,40H,26,35,58H2. The Kier molecular flexibility index (Phi) is 8.17. The Morgan fingerprint density at radius 3 is 2.11 bits per heavy atom. The lowest BCUT2D eigenvalue weighted by Gasteiger charge is -2.21. The highest BCUT2D eigenvalue weighted by Crippen LogP contribution is 2.45. The highest BCUT2D eigenvalue weighted by Gasteiger charge is 2.23. The Morgan fingerprint density at radius 1 is 0.590 bits per heavy atom. The number of nitrogen functional groups attached to an aromatic ring is 1. The molecule has 0 saturated carbocycles. The number of furan rings is 1. The van der Waals surface area contributed by atoms with Gasteiger partial charge in [-0.2, -0.15) is 0 Å². The molecule has 0 aliphatic heterocycles. The maximum Gasteiger partial charge on any atom is 0.151 e. The first-order valence-electron chi connectivity index (χ1n) is 21.0. The third-order valence-electron chi connectivity index (χ3n) is 12.6. The van der Waals surface area contributed by atoms with Gasteiger partial charge in [0, 0.05) is 38.7 Å². The molecule has 2 aromatic heterocycles. The number of hydrogen-bond acceptors (Lipinski definition) is 3. The van der Waals surface area contributed by atoms with E-state index in [2.05, 4.69) is 187 Å². The van der Waals surface area contributed by atoms with Gasteiger partial charge in [0.2, 0.25) is 0 Å². The minimum absolute atomic E-state index is 0.271. The Hall–Kier alpha value is -7.82. The topological polar surface area (TPSA) is 53.3 Å². The molecule has 4 nitrogen and oxygen atoms in total. The summed E-state index contributed by atoms with van der Waals surface area (Å²) in [5, 5.41) is 9.39. The van der Waals surface area contributed by atoms with Gasteiger partial charge in [-0.3, -0.25) is 0 Å². The second-order valence-corrected chi connectivity index (χ2v) is 16.1. The van der Waals surface area contributed by atoms with Crippen LogP contribution in [-0.2, 0) is 6.61 Å². The molecule has 1 aliphatic carbocycles. The quantitative estimate of drug-likeness (QED) is 0.164. The summed E-state index contributed by atoms with van der Waals surface area (Å²) in [7, 11) is 0. The van der Waals surface area contributed by atoms with Gasteiger partial charge in [-0.15, -0.1) is 0 Å². The number of nitrogens with two attached hydrogens (primary N) is 1. The van der Waals surface area contributed by atoms with Crippen molar-refractivity contribution in [2.75, 3.05) is 5.73 Å². The molecule has 2 heterocycles. The highest BCUT2D eigenvalue weighted by molar-refractivity contribution is 6.19. The van der Waals surface area contributed by atoms with Crippen LogP contribution < -0.4 is 10.5 Å². The second-order valence-electron chi connectivity index (χ2n) is 16.1. The summed E-state index contributed by atoms with van der Waals surface area (Å²) in [4.78, 5) is 0. The van der Waals surface area contributed by atoms with E-state index in [-0.39, 0.29) is 5.92 Å². The lowest BCUT2D eigenvalue weighted by atomic mass is 9.85. The molecule has 0 bridgehead atoms. The minimum Gasteiger partial charge on any atom is -0.486 e. The largest absolute Gasteiger partial charge is 0.486 e. The van der Waals surface area contributed by atoms with Gasteiger partial charge < -0.3 is 19.5 Å². The van der Waals surface area contributed by atoms with Crippen molar-refractivity contribution in [3.8, 4) is 22.6 Å². The van der Waals surface area contributed by atoms with E-state index < -0.39 is 0 Å². The van der Waals surface area contributed by atoms with E-state index in [1.807, 2.05) is 18.2 Å². The average molecular weight is 785 g/mol. The summed E-state index contributed by atoms with van der Waals surface area (Å²) in [6.07, 6.45) is 7.72. The zero-order chi connectivity index (χ0) is 40.4. The Labute approximate surface area is 353 Å². The van der Waals surface area contributed by atoms with Crippen LogP contribution in [0.5, 0.6) is 5.75 Å². The lowest BCUT2D eigenvalue weighted by Crippen LogP contribution is -2.04. The monoisotopic (exact) mass is 784 g/mol. The molecule has 12 rings (SSSR count). The van der Waals surface area contributed by atoms with Crippen molar-refractivity contribution < 1.29 is 9.15 Å². The number of hydrogen-bond donors (Lipinski definition) is 1. The molecular formula is C57H40N2O2. The number of ether oxygens (including phenoxy) is 1. The lowest BCUT2D eigenvalue weighted by molar-refractivity contribution is 0.307. The van der Waals surface area contributed by atoms with E-state index in [9.17, 15) is 0 Å². The minimum atomic E-state index is 0.271. The van der Waals surface area contributed by atoms with Crippen LogP contribution in [0, 0.1) is 0 Å². The zero-order valence-electron chi connectivity index (χ0n) is 33.4. The van der Waals surface area contributed by atoms with Crippen molar-refractivity contribution in [1.82, 2.24) is 4.57 Å². The van der Waals surface area contributed by atoms with Crippen LogP contribution in [0.25, 0.3) is 87.7 Å². The van der Waals surface area contributed by atoms with E-state index in [0.29, 0.717) is 18.0 Å². The molecule has 290 valence electrons. The molecule has 1 atom stereocenters.